The van der Waals surface area contributed by atoms with Crippen LogP contribution < -0.4 is 0 Å². The Morgan fingerprint density at radius 2 is 1.85 bits per heavy atom. The zero-order chi connectivity index (χ0) is 14.7. The second-order valence-corrected chi connectivity index (χ2v) is 6.86. The zero-order valence-corrected chi connectivity index (χ0v) is 12.7. The summed E-state index contributed by atoms with van der Waals surface area (Å²) in [6.07, 6.45) is 6.44. The van der Waals surface area contributed by atoms with Gasteiger partial charge in [-0.05, 0) is 50.9 Å². The van der Waals surface area contributed by atoms with Gasteiger partial charge in [-0.15, -0.1) is 0 Å². The number of hydrogen-bond donors (Lipinski definition) is 1. The SMILES string of the molecule is CC(C)CC1CCCCN1C(=O)[C@@H]1CC[C@H](C(=O)O)C1. The maximum absolute atomic E-state index is 12.7. The highest BCUT2D eigenvalue weighted by atomic mass is 16.4. The Bertz CT molecular complexity index is 367. The van der Waals surface area contributed by atoms with Crippen molar-refractivity contribution in [2.45, 2.75) is 64.8 Å². The van der Waals surface area contributed by atoms with Gasteiger partial charge in [0.05, 0.1) is 5.92 Å². The third-order valence-corrected chi connectivity index (χ3v) is 4.78. The van der Waals surface area contributed by atoms with Crippen molar-refractivity contribution >= 4 is 11.9 Å². The first-order valence-corrected chi connectivity index (χ1v) is 8.02. The van der Waals surface area contributed by atoms with Crippen LogP contribution in [0.4, 0.5) is 0 Å². The second-order valence-electron chi connectivity index (χ2n) is 6.86. The number of amides is 1. The molecule has 20 heavy (non-hydrogen) atoms. The van der Waals surface area contributed by atoms with Gasteiger partial charge in [-0.2, -0.15) is 0 Å². The van der Waals surface area contributed by atoms with Gasteiger partial charge < -0.3 is 10.0 Å². The van der Waals surface area contributed by atoms with E-state index >= 15 is 0 Å². The van der Waals surface area contributed by atoms with Crippen molar-refractivity contribution in [3.63, 3.8) is 0 Å². The standard InChI is InChI=1S/C16H27NO3/c1-11(2)9-14-5-3-4-8-17(14)15(18)12-6-7-13(10-12)16(19)20/h11-14H,3-10H2,1-2H3,(H,19,20)/t12-,13+,14?/m1/s1. The highest BCUT2D eigenvalue weighted by Gasteiger charge is 2.38. The smallest absolute Gasteiger partial charge is 0.306 e. The summed E-state index contributed by atoms with van der Waals surface area (Å²) in [4.78, 5) is 25.8. The van der Waals surface area contributed by atoms with Crippen molar-refractivity contribution in [2.24, 2.45) is 17.8 Å². The number of carbonyl (C=O) groups is 2. The van der Waals surface area contributed by atoms with E-state index in [9.17, 15) is 9.59 Å². The minimum atomic E-state index is -0.738. The Labute approximate surface area is 121 Å². The molecule has 3 atom stereocenters. The zero-order valence-electron chi connectivity index (χ0n) is 12.7. The highest BCUT2D eigenvalue weighted by Crippen LogP contribution is 2.34. The molecule has 0 radical (unpaired) electrons. The van der Waals surface area contributed by atoms with Crippen LogP contribution in [0, 0.1) is 17.8 Å². The average Bonchev–Trinajstić information content (AvgIpc) is 2.87. The number of likely N-dealkylation sites (tertiary alicyclic amines) is 1. The topological polar surface area (TPSA) is 57.6 Å². The average molecular weight is 281 g/mol. The molecule has 0 spiro atoms. The molecule has 2 fully saturated rings. The lowest BCUT2D eigenvalue weighted by Gasteiger charge is -2.38. The molecule has 1 heterocycles. The molecular formula is C16H27NO3. The summed E-state index contributed by atoms with van der Waals surface area (Å²) in [5.74, 6) is -0.276. The Kier molecular flexibility index (Phi) is 5.06. The van der Waals surface area contributed by atoms with E-state index < -0.39 is 5.97 Å². The van der Waals surface area contributed by atoms with Gasteiger partial charge in [-0.25, -0.2) is 0 Å². The monoisotopic (exact) mass is 281 g/mol. The van der Waals surface area contributed by atoms with Crippen molar-refractivity contribution in [1.82, 2.24) is 4.90 Å². The number of hydrogen-bond acceptors (Lipinski definition) is 2. The third-order valence-electron chi connectivity index (χ3n) is 4.78. The number of nitrogens with zero attached hydrogens (tertiary/aromatic N) is 1. The molecule has 1 aliphatic carbocycles. The molecule has 2 rings (SSSR count). The molecular weight excluding hydrogens is 254 g/mol. The molecule has 1 amide bonds. The first kappa shape index (κ1) is 15.3. The van der Waals surface area contributed by atoms with Crippen LogP contribution in [0.15, 0.2) is 0 Å². The summed E-state index contributed by atoms with van der Waals surface area (Å²) in [7, 11) is 0. The molecule has 2 aliphatic rings. The normalized spacial score (nSPS) is 30.8. The van der Waals surface area contributed by atoms with E-state index in [1.165, 1.54) is 6.42 Å². The van der Waals surface area contributed by atoms with Crippen LogP contribution in [-0.4, -0.2) is 34.5 Å². The van der Waals surface area contributed by atoms with Crippen LogP contribution in [0.3, 0.4) is 0 Å². The van der Waals surface area contributed by atoms with Gasteiger partial charge >= 0.3 is 5.97 Å². The van der Waals surface area contributed by atoms with Crippen molar-refractivity contribution in [2.75, 3.05) is 6.54 Å². The number of rotatable bonds is 4. The predicted octanol–water partition coefficient (Wildman–Crippen LogP) is 2.91. The molecule has 1 saturated heterocycles. The fraction of sp³-hybridized carbons (Fsp3) is 0.875. The van der Waals surface area contributed by atoms with E-state index in [0.29, 0.717) is 24.8 Å². The fourth-order valence-electron chi connectivity index (χ4n) is 3.74. The lowest BCUT2D eigenvalue weighted by molar-refractivity contribution is -0.142. The largest absolute Gasteiger partial charge is 0.481 e. The Morgan fingerprint density at radius 3 is 2.45 bits per heavy atom. The minimum Gasteiger partial charge on any atom is -0.481 e. The number of carboxylic acids is 1. The van der Waals surface area contributed by atoms with E-state index in [2.05, 4.69) is 18.7 Å². The predicted molar refractivity (Wildman–Crippen MR) is 77.3 cm³/mol. The maximum atomic E-state index is 12.7. The molecule has 1 N–H and O–H groups in total. The summed E-state index contributed by atoms with van der Waals surface area (Å²) < 4.78 is 0. The summed E-state index contributed by atoms with van der Waals surface area (Å²) in [6, 6.07) is 0.375. The first-order valence-electron chi connectivity index (χ1n) is 8.02. The second kappa shape index (κ2) is 6.59. The van der Waals surface area contributed by atoms with Crippen LogP contribution >= 0.6 is 0 Å². The lowest BCUT2D eigenvalue weighted by atomic mass is 9.92. The van der Waals surface area contributed by atoms with Gasteiger partial charge in [-0.3, -0.25) is 9.59 Å². The summed E-state index contributed by atoms with van der Waals surface area (Å²) in [5, 5.41) is 9.07. The Morgan fingerprint density at radius 1 is 1.15 bits per heavy atom. The summed E-state index contributed by atoms with van der Waals surface area (Å²) in [5.41, 5.74) is 0. The van der Waals surface area contributed by atoms with Crippen molar-refractivity contribution < 1.29 is 14.7 Å². The third kappa shape index (κ3) is 3.53. The molecule has 4 nitrogen and oxygen atoms in total. The van der Waals surface area contributed by atoms with Gasteiger partial charge in [0, 0.05) is 18.5 Å². The number of carbonyl (C=O) groups excluding carboxylic acids is 1. The van der Waals surface area contributed by atoms with Crippen LogP contribution in [0.2, 0.25) is 0 Å². The van der Waals surface area contributed by atoms with Crippen LogP contribution in [0.1, 0.15) is 58.8 Å². The lowest BCUT2D eigenvalue weighted by Crippen LogP contribution is -2.46. The van der Waals surface area contributed by atoms with Crippen LogP contribution in [-0.2, 0) is 9.59 Å². The number of carboxylic acid groups (broad SMARTS) is 1. The van der Waals surface area contributed by atoms with Gasteiger partial charge in [0.25, 0.3) is 0 Å². The fourth-order valence-corrected chi connectivity index (χ4v) is 3.74. The van der Waals surface area contributed by atoms with Crippen LogP contribution in [0.5, 0.6) is 0 Å². The quantitative estimate of drug-likeness (QED) is 0.862. The van der Waals surface area contributed by atoms with E-state index in [1.54, 1.807) is 0 Å². The molecule has 1 saturated carbocycles. The van der Waals surface area contributed by atoms with Gasteiger partial charge in [0.2, 0.25) is 5.91 Å². The van der Waals surface area contributed by atoms with Crippen molar-refractivity contribution in [3.8, 4) is 0 Å². The molecule has 0 aromatic carbocycles. The van der Waals surface area contributed by atoms with E-state index in [0.717, 1.165) is 32.2 Å². The maximum Gasteiger partial charge on any atom is 0.306 e. The molecule has 0 aromatic rings. The number of aliphatic carboxylic acids is 1. The summed E-state index contributed by atoms with van der Waals surface area (Å²) in [6.45, 7) is 5.27. The van der Waals surface area contributed by atoms with E-state index in [1.807, 2.05) is 0 Å². The first-order chi connectivity index (χ1) is 9.49. The molecule has 1 unspecified atom stereocenters. The Hall–Kier alpha value is -1.06. The molecule has 0 aromatic heterocycles. The Balaban J connectivity index is 1.97. The van der Waals surface area contributed by atoms with Gasteiger partial charge in [-0.1, -0.05) is 13.8 Å². The van der Waals surface area contributed by atoms with Crippen molar-refractivity contribution in [3.05, 3.63) is 0 Å². The van der Waals surface area contributed by atoms with E-state index in [4.69, 9.17) is 5.11 Å². The molecule has 0 bridgehead atoms. The van der Waals surface area contributed by atoms with Crippen molar-refractivity contribution in [1.29, 1.82) is 0 Å². The molecule has 4 heteroatoms. The van der Waals surface area contributed by atoms with Crippen LogP contribution in [0.25, 0.3) is 0 Å². The molecule has 114 valence electrons. The minimum absolute atomic E-state index is 0.0520. The van der Waals surface area contributed by atoms with E-state index in [-0.39, 0.29) is 17.7 Å². The summed E-state index contributed by atoms with van der Waals surface area (Å²) >= 11 is 0. The molecule has 1 aliphatic heterocycles. The number of piperidine rings is 1. The highest BCUT2D eigenvalue weighted by molar-refractivity contribution is 5.81. The van der Waals surface area contributed by atoms with Gasteiger partial charge in [0.1, 0.15) is 0 Å². The van der Waals surface area contributed by atoms with Gasteiger partial charge in [0.15, 0.2) is 0 Å².